The van der Waals surface area contributed by atoms with Gasteiger partial charge >= 0.3 is 6.03 Å². The van der Waals surface area contributed by atoms with Crippen LogP contribution in [-0.4, -0.2) is 36.6 Å². The van der Waals surface area contributed by atoms with E-state index in [1.807, 2.05) is 0 Å². The summed E-state index contributed by atoms with van der Waals surface area (Å²) in [6.45, 7) is 7.20. The minimum absolute atomic E-state index is 0.210. The number of likely N-dealkylation sites (tertiary alicyclic amines) is 1. The minimum atomic E-state index is -0.420. The number of carbonyl (C=O) groups is 1. The zero-order chi connectivity index (χ0) is 15.9. The predicted octanol–water partition coefficient (Wildman–Crippen LogP) is 3.46. The summed E-state index contributed by atoms with van der Waals surface area (Å²) >= 11 is 0. The molecule has 2 amide bonds. The van der Waals surface area contributed by atoms with Crippen LogP contribution in [0.5, 0.6) is 0 Å². The molecule has 1 heterocycles. The third-order valence-corrected chi connectivity index (χ3v) is 4.02. The lowest BCUT2D eigenvalue weighted by Crippen LogP contribution is -2.44. The summed E-state index contributed by atoms with van der Waals surface area (Å²) in [4.78, 5) is 14.4. The molecule has 4 nitrogen and oxygen atoms in total. The lowest BCUT2D eigenvalue weighted by atomic mass is 10.0. The molecular weight excluding hydrogens is 281 g/mol. The van der Waals surface area contributed by atoms with Crippen molar-refractivity contribution in [3.8, 4) is 0 Å². The van der Waals surface area contributed by atoms with Crippen molar-refractivity contribution in [2.45, 2.75) is 39.2 Å². The van der Waals surface area contributed by atoms with E-state index in [1.165, 1.54) is 18.9 Å². The molecule has 1 saturated heterocycles. The summed E-state index contributed by atoms with van der Waals surface area (Å²) in [5, 5.41) is 5.45. The number of urea groups is 1. The van der Waals surface area contributed by atoms with E-state index < -0.39 is 5.82 Å². The molecule has 122 valence electrons. The van der Waals surface area contributed by atoms with Crippen LogP contribution in [0.1, 0.15) is 33.1 Å². The molecule has 2 N–H and O–H groups in total. The molecule has 0 spiro atoms. The molecule has 1 aromatic rings. The molecule has 0 bridgehead atoms. The Hall–Kier alpha value is -1.62. The highest BCUT2D eigenvalue weighted by molar-refractivity contribution is 5.89. The summed E-state index contributed by atoms with van der Waals surface area (Å²) in [5.74, 6) is 0.165. The van der Waals surface area contributed by atoms with Gasteiger partial charge in [-0.2, -0.15) is 0 Å². The van der Waals surface area contributed by atoms with Gasteiger partial charge in [0.2, 0.25) is 0 Å². The van der Waals surface area contributed by atoms with Crippen LogP contribution in [0.3, 0.4) is 0 Å². The molecule has 5 heteroatoms. The Bertz CT molecular complexity index is 487. The minimum Gasteiger partial charge on any atom is -0.336 e. The normalized spacial score (nSPS) is 16.7. The average Bonchev–Trinajstić information content (AvgIpc) is 2.99. The first-order valence-corrected chi connectivity index (χ1v) is 8.09. The Morgan fingerprint density at radius 2 is 1.95 bits per heavy atom. The monoisotopic (exact) mass is 307 g/mol. The summed E-state index contributed by atoms with van der Waals surface area (Å²) < 4.78 is 13.5. The molecule has 2 rings (SSSR count). The number of benzene rings is 1. The van der Waals surface area contributed by atoms with Crippen LogP contribution in [0.25, 0.3) is 0 Å². The quantitative estimate of drug-likeness (QED) is 0.845. The van der Waals surface area contributed by atoms with Gasteiger partial charge in [-0.05, 0) is 50.4 Å². The molecule has 1 fully saturated rings. The van der Waals surface area contributed by atoms with Gasteiger partial charge in [0.15, 0.2) is 0 Å². The fraction of sp³-hybridized carbons (Fsp3) is 0.588. The Kier molecular flexibility index (Phi) is 6.19. The smallest absolute Gasteiger partial charge is 0.319 e. The van der Waals surface area contributed by atoms with Crippen molar-refractivity contribution in [2.24, 2.45) is 5.92 Å². The molecule has 0 saturated carbocycles. The van der Waals surface area contributed by atoms with Gasteiger partial charge in [0.05, 0.1) is 5.69 Å². The van der Waals surface area contributed by atoms with Crippen molar-refractivity contribution >= 4 is 11.7 Å². The molecule has 0 aromatic heterocycles. The second kappa shape index (κ2) is 8.13. The summed E-state index contributed by atoms with van der Waals surface area (Å²) in [6.07, 6.45) is 3.52. The van der Waals surface area contributed by atoms with Gasteiger partial charge in [0.1, 0.15) is 5.82 Å². The Morgan fingerprint density at radius 1 is 1.27 bits per heavy atom. The molecule has 1 atom stereocenters. The zero-order valence-corrected chi connectivity index (χ0v) is 13.4. The van der Waals surface area contributed by atoms with Gasteiger partial charge < -0.3 is 10.6 Å². The maximum absolute atomic E-state index is 13.5. The average molecular weight is 307 g/mol. The molecular formula is C17H26FN3O. The molecule has 22 heavy (non-hydrogen) atoms. The van der Waals surface area contributed by atoms with E-state index in [0.717, 1.165) is 19.5 Å². The van der Waals surface area contributed by atoms with E-state index in [1.54, 1.807) is 18.2 Å². The number of amides is 2. The first kappa shape index (κ1) is 16.7. The number of anilines is 1. The van der Waals surface area contributed by atoms with Crippen LogP contribution in [0.2, 0.25) is 0 Å². The third kappa shape index (κ3) is 4.98. The van der Waals surface area contributed by atoms with Gasteiger partial charge in [0, 0.05) is 12.6 Å². The second-order valence-corrected chi connectivity index (χ2v) is 6.34. The van der Waals surface area contributed by atoms with Crippen LogP contribution in [-0.2, 0) is 0 Å². The number of para-hydroxylation sites is 1. The maximum Gasteiger partial charge on any atom is 0.319 e. The van der Waals surface area contributed by atoms with E-state index in [4.69, 9.17) is 0 Å². The van der Waals surface area contributed by atoms with Crippen molar-refractivity contribution in [3.63, 3.8) is 0 Å². The highest BCUT2D eigenvalue weighted by Gasteiger charge is 2.23. The largest absolute Gasteiger partial charge is 0.336 e. The second-order valence-electron chi connectivity index (χ2n) is 6.34. The van der Waals surface area contributed by atoms with Crippen molar-refractivity contribution < 1.29 is 9.18 Å². The Labute approximate surface area is 132 Å². The van der Waals surface area contributed by atoms with E-state index in [2.05, 4.69) is 29.4 Å². The molecule has 1 aromatic carbocycles. The molecule has 1 aliphatic rings. The van der Waals surface area contributed by atoms with Crippen LogP contribution < -0.4 is 10.6 Å². The third-order valence-electron chi connectivity index (χ3n) is 4.02. The summed E-state index contributed by atoms with van der Waals surface area (Å²) in [6, 6.07) is 6.20. The number of hydrogen-bond acceptors (Lipinski definition) is 2. The van der Waals surface area contributed by atoms with Gasteiger partial charge in [-0.15, -0.1) is 0 Å². The molecule has 1 unspecified atom stereocenters. The van der Waals surface area contributed by atoms with Crippen LogP contribution in [0, 0.1) is 11.7 Å². The molecule has 1 aliphatic heterocycles. The first-order chi connectivity index (χ1) is 10.6. The number of halogens is 1. The van der Waals surface area contributed by atoms with E-state index in [9.17, 15) is 9.18 Å². The fourth-order valence-corrected chi connectivity index (χ4v) is 2.95. The van der Waals surface area contributed by atoms with Gasteiger partial charge in [-0.25, -0.2) is 9.18 Å². The van der Waals surface area contributed by atoms with Crippen LogP contribution in [0.4, 0.5) is 14.9 Å². The fourth-order valence-electron chi connectivity index (χ4n) is 2.95. The van der Waals surface area contributed by atoms with Crippen molar-refractivity contribution in [1.29, 1.82) is 0 Å². The van der Waals surface area contributed by atoms with Gasteiger partial charge in [-0.1, -0.05) is 26.0 Å². The lowest BCUT2D eigenvalue weighted by Gasteiger charge is -2.29. The van der Waals surface area contributed by atoms with Crippen LogP contribution >= 0.6 is 0 Å². The van der Waals surface area contributed by atoms with Gasteiger partial charge in [0.25, 0.3) is 0 Å². The van der Waals surface area contributed by atoms with Crippen molar-refractivity contribution in [1.82, 2.24) is 10.2 Å². The molecule has 0 aliphatic carbocycles. The number of nitrogens with one attached hydrogen (secondary N) is 2. The molecule has 0 radical (unpaired) electrons. The number of nitrogens with zero attached hydrogens (tertiary/aromatic N) is 1. The Morgan fingerprint density at radius 3 is 2.59 bits per heavy atom. The maximum atomic E-state index is 13.5. The zero-order valence-electron chi connectivity index (χ0n) is 13.4. The highest BCUT2D eigenvalue weighted by Crippen LogP contribution is 2.17. The van der Waals surface area contributed by atoms with Crippen LogP contribution in [0.15, 0.2) is 24.3 Å². The lowest BCUT2D eigenvalue weighted by molar-refractivity contribution is 0.204. The van der Waals surface area contributed by atoms with Crippen molar-refractivity contribution in [3.05, 3.63) is 30.1 Å². The number of rotatable bonds is 6. The van der Waals surface area contributed by atoms with Crippen molar-refractivity contribution in [2.75, 3.05) is 25.0 Å². The first-order valence-electron chi connectivity index (χ1n) is 8.09. The van der Waals surface area contributed by atoms with E-state index in [-0.39, 0.29) is 11.7 Å². The van der Waals surface area contributed by atoms with E-state index >= 15 is 0 Å². The number of hydrogen-bond donors (Lipinski definition) is 2. The highest BCUT2D eigenvalue weighted by atomic mass is 19.1. The topological polar surface area (TPSA) is 44.4 Å². The number of carbonyl (C=O) groups excluding carboxylic acids is 1. The van der Waals surface area contributed by atoms with Gasteiger partial charge in [-0.3, -0.25) is 4.90 Å². The van der Waals surface area contributed by atoms with E-state index in [0.29, 0.717) is 18.5 Å². The summed E-state index contributed by atoms with van der Waals surface area (Å²) in [7, 11) is 0. The summed E-state index contributed by atoms with van der Waals surface area (Å²) in [5.41, 5.74) is 0.210. The Balaban J connectivity index is 1.85. The standard InChI is InChI=1S/C17H26FN3O/c1-13(2)11-14(21-9-5-6-10-21)12-19-17(22)20-16-8-4-3-7-15(16)18/h3-4,7-8,13-14H,5-6,9-12H2,1-2H3,(H2,19,20,22). The SMILES string of the molecule is CC(C)CC(CNC(=O)Nc1ccccc1F)N1CCCC1. The predicted molar refractivity (Wildman–Crippen MR) is 87.5 cm³/mol.